The predicted molar refractivity (Wildman–Crippen MR) is 62.9 cm³/mol. The van der Waals surface area contributed by atoms with E-state index < -0.39 is 0 Å². The average Bonchev–Trinajstić information content (AvgIpc) is 2.60. The van der Waals surface area contributed by atoms with Crippen molar-refractivity contribution in [1.29, 1.82) is 0 Å². The zero-order valence-corrected chi connectivity index (χ0v) is 10.8. The summed E-state index contributed by atoms with van der Waals surface area (Å²) in [5, 5.41) is 6.39. The van der Waals surface area contributed by atoms with E-state index in [1.807, 2.05) is 20.8 Å². The van der Waals surface area contributed by atoms with Gasteiger partial charge in [0.05, 0.1) is 6.54 Å². The highest BCUT2D eigenvalue weighted by molar-refractivity contribution is 5.76. The van der Waals surface area contributed by atoms with Crippen LogP contribution in [0.5, 0.6) is 0 Å². The Balaban J connectivity index is 2.36. The number of nitrogens with two attached hydrogens (primary N) is 1. The first-order valence-electron chi connectivity index (χ1n) is 5.60. The fourth-order valence-corrected chi connectivity index (χ4v) is 1.17. The first-order chi connectivity index (χ1) is 7.79. The van der Waals surface area contributed by atoms with Crippen molar-refractivity contribution < 1.29 is 9.32 Å². The maximum absolute atomic E-state index is 11.6. The standard InChI is InChI=1S/C11H20N4O2/c1-7-14-9(15-17-7)6-13-10(16)5-8(12)11(2,3)4/h8H,5-6,12H2,1-4H3,(H,13,16). The van der Waals surface area contributed by atoms with E-state index in [4.69, 9.17) is 10.3 Å². The molecule has 96 valence electrons. The SMILES string of the molecule is Cc1nc(CNC(=O)CC(N)C(C)(C)C)no1. The minimum absolute atomic E-state index is 0.0833. The monoisotopic (exact) mass is 240 g/mol. The maximum Gasteiger partial charge on any atom is 0.223 e. The normalized spacial score (nSPS) is 13.5. The maximum atomic E-state index is 11.6. The molecule has 1 aromatic rings. The molecular formula is C11H20N4O2. The van der Waals surface area contributed by atoms with Gasteiger partial charge in [-0.2, -0.15) is 4.98 Å². The van der Waals surface area contributed by atoms with Gasteiger partial charge >= 0.3 is 0 Å². The average molecular weight is 240 g/mol. The third kappa shape index (κ3) is 4.52. The highest BCUT2D eigenvalue weighted by Crippen LogP contribution is 2.19. The molecule has 0 aliphatic rings. The molecule has 6 heteroatoms. The number of carbonyl (C=O) groups excluding carboxylic acids is 1. The summed E-state index contributed by atoms with van der Waals surface area (Å²) in [6.45, 7) is 8.00. The van der Waals surface area contributed by atoms with E-state index in [9.17, 15) is 4.79 Å². The lowest BCUT2D eigenvalue weighted by atomic mass is 9.85. The predicted octanol–water partition coefficient (Wildman–Crippen LogP) is 0.758. The molecule has 1 atom stereocenters. The zero-order valence-electron chi connectivity index (χ0n) is 10.8. The molecule has 0 bridgehead atoms. The first-order valence-corrected chi connectivity index (χ1v) is 5.60. The van der Waals surface area contributed by atoms with E-state index >= 15 is 0 Å². The second-order valence-corrected chi connectivity index (χ2v) is 5.18. The van der Waals surface area contributed by atoms with Gasteiger partial charge in [-0.25, -0.2) is 0 Å². The number of amides is 1. The van der Waals surface area contributed by atoms with Crippen LogP contribution < -0.4 is 11.1 Å². The smallest absolute Gasteiger partial charge is 0.223 e. The summed E-state index contributed by atoms with van der Waals surface area (Å²) in [6, 6.07) is -0.172. The molecule has 0 aliphatic carbocycles. The van der Waals surface area contributed by atoms with Crippen molar-refractivity contribution in [3.8, 4) is 0 Å². The quantitative estimate of drug-likeness (QED) is 0.810. The molecule has 1 unspecified atom stereocenters. The molecule has 1 rings (SSSR count). The van der Waals surface area contributed by atoms with Crippen LogP contribution in [0.25, 0.3) is 0 Å². The van der Waals surface area contributed by atoms with Crippen LogP contribution in [0.1, 0.15) is 38.9 Å². The van der Waals surface area contributed by atoms with Gasteiger partial charge in [0.15, 0.2) is 5.82 Å². The van der Waals surface area contributed by atoms with Crippen LogP contribution in [0.4, 0.5) is 0 Å². The van der Waals surface area contributed by atoms with Gasteiger partial charge in [0.1, 0.15) is 0 Å². The summed E-state index contributed by atoms with van der Waals surface area (Å²) in [5.41, 5.74) is 5.83. The Hall–Kier alpha value is -1.43. The van der Waals surface area contributed by atoms with Crippen LogP contribution in [-0.4, -0.2) is 22.1 Å². The van der Waals surface area contributed by atoms with Crippen molar-refractivity contribution >= 4 is 5.91 Å². The Labute approximate surface area is 101 Å². The Bertz CT molecular complexity index is 381. The third-order valence-corrected chi connectivity index (χ3v) is 2.53. The van der Waals surface area contributed by atoms with Crippen molar-refractivity contribution in [2.75, 3.05) is 0 Å². The van der Waals surface area contributed by atoms with Crippen LogP contribution in [0, 0.1) is 12.3 Å². The van der Waals surface area contributed by atoms with E-state index in [0.717, 1.165) is 0 Å². The molecule has 17 heavy (non-hydrogen) atoms. The van der Waals surface area contributed by atoms with Gasteiger partial charge in [-0.05, 0) is 5.41 Å². The van der Waals surface area contributed by atoms with Crippen LogP contribution in [0.2, 0.25) is 0 Å². The Morgan fingerprint density at radius 3 is 2.65 bits per heavy atom. The van der Waals surface area contributed by atoms with E-state index in [-0.39, 0.29) is 23.9 Å². The van der Waals surface area contributed by atoms with Gasteiger partial charge < -0.3 is 15.6 Å². The second kappa shape index (κ2) is 5.27. The molecule has 0 saturated carbocycles. The molecule has 0 aliphatic heterocycles. The molecule has 0 radical (unpaired) electrons. The van der Waals surface area contributed by atoms with E-state index in [2.05, 4.69) is 15.5 Å². The van der Waals surface area contributed by atoms with Gasteiger partial charge in [-0.15, -0.1) is 0 Å². The van der Waals surface area contributed by atoms with Gasteiger partial charge in [-0.1, -0.05) is 25.9 Å². The largest absolute Gasteiger partial charge is 0.349 e. The highest BCUT2D eigenvalue weighted by Gasteiger charge is 2.23. The summed E-state index contributed by atoms with van der Waals surface area (Å²) in [6.07, 6.45) is 0.292. The van der Waals surface area contributed by atoms with Gasteiger partial charge in [-0.3, -0.25) is 4.79 Å². The summed E-state index contributed by atoms with van der Waals surface area (Å²) in [5.74, 6) is 0.857. The van der Waals surface area contributed by atoms with Crippen molar-refractivity contribution in [3.05, 3.63) is 11.7 Å². The molecule has 1 aromatic heterocycles. The summed E-state index contributed by atoms with van der Waals surface area (Å²) >= 11 is 0. The van der Waals surface area contributed by atoms with Crippen molar-refractivity contribution in [1.82, 2.24) is 15.5 Å². The van der Waals surface area contributed by atoms with Gasteiger partial charge in [0, 0.05) is 19.4 Å². The van der Waals surface area contributed by atoms with Crippen LogP contribution in [0.3, 0.4) is 0 Å². The summed E-state index contributed by atoms with van der Waals surface area (Å²) in [7, 11) is 0. The Morgan fingerprint density at radius 2 is 2.18 bits per heavy atom. The molecule has 1 amide bonds. The summed E-state index contributed by atoms with van der Waals surface area (Å²) in [4.78, 5) is 15.6. The summed E-state index contributed by atoms with van der Waals surface area (Å²) < 4.78 is 4.80. The van der Waals surface area contributed by atoms with Crippen molar-refractivity contribution in [3.63, 3.8) is 0 Å². The molecule has 6 nitrogen and oxygen atoms in total. The number of aryl methyl sites for hydroxylation is 1. The van der Waals surface area contributed by atoms with Crippen molar-refractivity contribution in [2.45, 2.75) is 46.7 Å². The molecule has 0 fully saturated rings. The lowest BCUT2D eigenvalue weighted by molar-refractivity contribution is -0.122. The lowest BCUT2D eigenvalue weighted by Crippen LogP contribution is -2.40. The number of nitrogens with zero attached hydrogens (tertiary/aromatic N) is 2. The third-order valence-electron chi connectivity index (χ3n) is 2.53. The number of carbonyl (C=O) groups is 1. The van der Waals surface area contributed by atoms with E-state index in [1.165, 1.54) is 0 Å². The highest BCUT2D eigenvalue weighted by atomic mass is 16.5. The van der Waals surface area contributed by atoms with E-state index in [0.29, 0.717) is 18.1 Å². The number of rotatable bonds is 4. The molecule has 0 saturated heterocycles. The minimum atomic E-state index is -0.172. The molecule has 0 aromatic carbocycles. The van der Waals surface area contributed by atoms with E-state index in [1.54, 1.807) is 6.92 Å². The Morgan fingerprint density at radius 1 is 1.53 bits per heavy atom. The number of aromatic nitrogens is 2. The van der Waals surface area contributed by atoms with Crippen molar-refractivity contribution in [2.24, 2.45) is 11.1 Å². The fraction of sp³-hybridized carbons (Fsp3) is 0.727. The van der Waals surface area contributed by atoms with Gasteiger partial charge in [0.25, 0.3) is 0 Å². The first kappa shape index (κ1) is 13.6. The number of hydrogen-bond donors (Lipinski definition) is 2. The molecule has 1 heterocycles. The van der Waals surface area contributed by atoms with Crippen LogP contribution in [0.15, 0.2) is 4.52 Å². The zero-order chi connectivity index (χ0) is 13.1. The topological polar surface area (TPSA) is 94.0 Å². The van der Waals surface area contributed by atoms with Crippen LogP contribution >= 0.6 is 0 Å². The van der Waals surface area contributed by atoms with Gasteiger partial charge in [0.2, 0.25) is 11.8 Å². The number of hydrogen-bond acceptors (Lipinski definition) is 5. The number of nitrogens with one attached hydrogen (secondary N) is 1. The van der Waals surface area contributed by atoms with Crippen LogP contribution in [-0.2, 0) is 11.3 Å². The molecule has 0 spiro atoms. The molecular weight excluding hydrogens is 220 g/mol. The second-order valence-electron chi connectivity index (χ2n) is 5.18. The minimum Gasteiger partial charge on any atom is -0.349 e. The lowest BCUT2D eigenvalue weighted by Gasteiger charge is -2.26. The molecule has 3 N–H and O–H groups in total. The fourth-order valence-electron chi connectivity index (χ4n) is 1.17. The Kier molecular flexibility index (Phi) is 4.22.